The summed E-state index contributed by atoms with van der Waals surface area (Å²) < 4.78 is 15.5. The Morgan fingerprint density at radius 3 is 2.64 bits per heavy atom. The van der Waals surface area contributed by atoms with Gasteiger partial charge in [-0.2, -0.15) is 0 Å². The molecule has 3 aromatic rings. The first-order chi connectivity index (χ1) is 10.3. The van der Waals surface area contributed by atoms with E-state index in [4.69, 9.17) is 13.6 Å². The first-order valence-electron chi connectivity index (χ1n) is 6.69. The van der Waals surface area contributed by atoms with Crippen LogP contribution in [0.5, 0.6) is 0 Å². The van der Waals surface area contributed by atoms with Crippen LogP contribution in [-0.4, -0.2) is 17.7 Å². The predicted molar refractivity (Wildman–Crippen MR) is 78.5 cm³/mol. The molecule has 6 heteroatoms. The van der Waals surface area contributed by atoms with Gasteiger partial charge in [-0.1, -0.05) is 0 Å². The molecule has 3 rings (SSSR count). The quantitative estimate of drug-likeness (QED) is 0.590. The SMILES string of the molecule is CC(=O)OC[C@](C)(O)c1cc2cc3ccc(=O)oc3cc2o1. The normalized spacial score (nSPS) is 14.1. The maximum absolute atomic E-state index is 11.2. The lowest BCUT2D eigenvalue weighted by Crippen LogP contribution is -2.28. The lowest BCUT2D eigenvalue weighted by atomic mass is 10.0. The van der Waals surface area contributed by atoms with Crippen LogP contribution in [0.25, 0.3) is 21.9 Å². The van der Waals surface area contributed by atoms with Gasteiger partial charge >= 0.3 is 11.6 Å². The molecule has 1 aromatic carbocycles. The number of hydrogen-bond acceptors (Lipinski definition) is 6. The Balaban J connectivity index is 2.07. The van der Waals surface area contributed by atoms with Gasteiger partial charge in [-0.3, -0.25) is 4.79 Å². The molecule has 22 heavy (non-hydrogen) atoms. The summed E-state index contributed by atoms with van der Waals surface area (Å²) in [6.45, 7) is 2.55. The Morgan fingerprint density at radius 1 is 1.18 bits per heavy atom. The Hall–Kier alpha value is -2.60. The molecule has 0 aliphatic carbocycles. The molecule has 2 aromatic heterocycles. The van der Waals surface area contributed by atoms with Crippen molar-refractivity contribution in [3.05, 3.63) is 46.5 Å². The third kappa shape index (κ3) is 2.60. The van der Waals surface area contributed by atoms with Crippen molar-refractivity contribution < 1.29 is 23.5 Å². The van der Waals surface area contributed by atoms with Gasteiger partial charge in [-0.25, -0.2) is 4.79 Å². The van der Waals surface area contributed by atoms with Crippen molar-refractivity contribution in [1.82, 2.24) is 0 Å². The largest absolute Gasteiger partial charge is 0.462 e. The molecule has 0 radical (unpaired) electrons. The van der Waals surface area contributed by atoms with Gasteiger partial charge in [-0.05, 0) is 25.1 Å². The van der Waals surface area contributed by atoms with Crippen LogP contribution in [-0.2, 0) is 15.1 Å². The molecule has 0 aliphatic rings. The third-order valence-corrected chi connectivity index (χ3v) is 3.35. The minimum Gasteiger partial charge on any atom is -0.462 e. The van der Waals surface area contributed by atoms with Gasteiger partial charge in [0.15, 0.2) is 5.60 Å². The zero-order chi connectivity index (χ0) is 15.9. The molecular formula is C16H14O6. The molecule has 0 unspecified atom stereocenters. The number of benzene rings is 1. The molecule has 114 valence electrons. The summed E-state index contributed by atoms with van der Waals surface area (Å²) in [7, 11) is 0. The van der Waals surface area contributed by atoms with Crippen LogP contribution in [0, 0.1) is 0 Å². The topological polar surface area (TPSA) is 89.9 Å². The average Bonchev–Trinajstić information content (AvgIpc) is 2.86. The van der Waals surface area contributed by atoms with Gasteiger partial charge in [0, 0.05) is 29.8 Å². The van der Waals surface area contributed by atoms with Crippen LogP contribution in [0.15, 0.2) is 44.0 Å². The number of fused-ring (bicyclic) bond motifs is 2. The van der Waals surface area contributed by atoms with E-state index >= 15 is 0 Å². The Labute approximate surface area is 124 Å². The highest BCUT2D eigenvalue weighted by molar-refractivity contribution is 5.93. The van der Waals surface area contributed by atoms with Crippen molar-refractivity contribution in [1.29, 1.82) is 0 Å². The second-order valence-electron chi connectivity index (χ2n) is 5.35. The van der Waals surface area contributed by atoms with Crippen LogP contribution in [0.2, 0.25) is 0 Å². The fourth-order valence-corrected chi connectivity index (χ4v) is 2.18. The van der Waals surface area contributed by atoms with Crippen LogP contribution in [0.3, 0.4) is 0 Å². The number of carbonyl (C=O) groups is 1. The Kier molecular flexibility index (Phi) is 3.26. The van der Waals surface area contributed by atoms with Gasteiger partial charge in [0.25, 0.3) is 0 Å². The highest BCUT2D eigenvalue weighted by atomic mass is 16.5. The Morgan fingerprint density at radius 2 is 1.91 bits per heavy atom. The zero-order valence-corrected chi connectivity index (χ0v) is 12.1. The van der Waals surface area contributed by atoms with Gasteiger partial charge in [0.1, 0.15) is 23.5 Å². The first kappa shape index (κ1) is 14.3. The molecular weight excluding hydrogens is 288 g/mol. The van der Waals surface area contributed by atoms with Crippen LogP contribution >= 0.6 is 0 Å². The van der Waals surface area contributed by atoms with E-state index in [1.54, 1.807) is 24.3 Å². The summed E-state index contributed by atoms with van der Waals surface area (Å²) in [4.78, 5) is 22.1. The summed E-state index contributed by atoms with van der Waals surface area (Å²) in [5, 5.41) is 11.9. The van der Waals surface area contributed by atoms with Crippen molar-refractivity contribution >= 4 is 27.9 Å². The fraction of sp³-hybridized carbons (Fsp3) is 0.250. The summed E-state index contributed by atoms with van der Waals surface area (Å²) in [6.07, 6.45) is 0. The molecule has 1 N–H and O–H groups in total. The van der Waals surface area contributed by atoms with Gasteiger partial charge in [0.05, 0.1) is 0 Å². The van der Waals surface area contributed by atoms with Crippen molar-refractivity contribution in [3.8, 4) is 0 Å². The standard InChI is InChI=1S/C16H14O6/c1-9(17)20-8-16(2,19)14-6-11-5-10-3-4-15(18)22-12(10)7-13(11)21-14/h3-7,19H,8H2,1-2H3/t16-/m0/s1. The lowest BCUT2D eigenvalue weighted by molar-refractivity contribution is -0.149. The van der Waals surface area contributed by atoms with Crippen molar-refractivity contribution in [3.63, 3.8) is 0 Å². The number of aliphatic hydroxyl groups is 1. The summed E-state index contributed by atoms with van der Waals surface area (Å²) >= 11 is 0. The maximum atomic E-state index is 11.2. The minimum absolute atomic E-state index is 0.212. The van der Waals surface area contributed by atoms with Crippen molar-refractivity contribution in [2.24, 2.45) is 0 Å². The second kappa shape index (κ2) is 4.99. The van der Waals surface area contributed by atoms with Gasteiger partial charge < -0.3 is 18.7 Å². The highest BCUT2D eigenvalue weighted by Gasteiger charge is 2.29. The first-order valence-corrected chi connectivity index (χ1v) is 6.69. The van der Waals surface area contributed by atoms with E-state index in [0.29, 0.717) is 11.2 Å². The molecule has 6 nitrogen and oxygen atoms in total. The fourth-order valence-electron chi connectivity index (χ4n) is 2.18. The molecule has 0 bridgehead atoms. The summed E-state index contributed by atoms with van der Waals surface area (Å²) in [6, 6.07) is 8.06. The van der Waals surface area contributed by atoms with Crippen LogP contribution in [0.1, 0.15) is 19.6 Å². The van der Waals surface area contributed by atoms with Gasteiger partial charge in [0.2, 0.25) is 0 Å². The van der Waals surface area contributed by atoms with Gasteiger partial charge in [-0.15, -0.1) is 0 Å². The summed E-state index contributed by atoms with van der Waals surface area (Å²) in [5.74, 6) is -0.217. The average molecular weight is 302 g/mol. The second-order valence-corrected chi connectivity index (χ2v) is 5.35. The number of esters is 1. The number of carbonyl (C=O) groups excluding carboxylic acids is 1. The number of ether oxygens (including phenoxy) is 1. The maximum Gasteiger partial charge on any atom is 0.336 e. The van der Waals surface area contributed by atoms with E-state index in [9.17, 15) is 14.7 Å². The molecule has 0 amide bonds. The highest BCUT2D eigenvalue weighted by Crippen LogP contribution is 2.30. The molecule has 0 aliphatic heterocycles. The molecule has 0 saturated heterocycles. The Bertz CT molecular complexity index is 915. The zero-order valence-electron chi connectivity index (χ0n) is 12.1. The number of rotatable bonds is 3. The van der Waals surface area contributed by atoms with E-state index in [2.05, 4.69) is 0 Å². The summed E-state index contributed by atoms with van der Waals surface area (Å²) in [5.41, 5.74) is -1.02. The van der Waals surface area contributed by atoms with E-state index < -0.39 is 17.2 Å². The van der Waals surface area contributed by atoms with E-state index in [0.717, 1.165) is 10.8 Å². The van der Waals surface area contributed by atoms with E-state index in [1.807, 2.05) is 0 Å². The number of furan rings is 1. The number of hydrogen-bond donors (Lipinski definition) is 1. The van der Waals surface area contributed by atoms with E-state index in [1.165, 1.54) is 19.9 Å². The molecule has 1 atom stereocenters. The molecule has 2 heterocycles. The smallest absolute Gasteiger partial charge is 0.336 e. The van der Waals surface area contributed by atoms with Crippen molar-refractivity contribution in [2.75, 3.05) is 6.61 Å². The molecule has 0 saturated carbocycles. The monoisotopic (exact) mass is 302 g/mol. The molecule has 0 fully saturated rings. The predicted octanol–water partition coefficient (Wildman–Crippen LogP) is 2.31. The van der Waals surface area contributed by atoms with Crippen LogP contribution in [0.4, 0.5) is 0 Å². The lowest BCUT2D eigenvalue weighted by Gasteiger charge is -2.19. The third-order valence-electron chi connectivity index (χ3n) is 3.35. The van der Waals surface area contributed by atoms with Crippen molar-refractivity contribution in [2.45, 2.75) is 19.4 Å². The van der Waals surface area contributed by atoms with Crippen LogP contribution < -0.4 is 5.63 Å². The van der Waals surface area contributed by atoms with E-state index in [-0.39, 0.29) is 12.4 Å². The minimum atomic E-state index is -1.45. The molecule has 0 spiro atoms.